The number of nitrogens with zero attached hydrogens (tertiary/aromatic N) is 2. The van der Waals surface area contributed by atoms with Crippen LogP contribution >= 0.6 is 0 Å². The number of fused-ring (bicyclic) bond motifs is 1. The summed E-state index contributed by atoms with van der Waals surface area (Å²) in [7, 11) is 0. The molecule has 2 amide bonds. The largest absolute Gasteiger partial charge is 0.494 e. The smallest absolute Gasteiger partial charge is 0.290 e. The number of carbonyl (C=O) groups is 3. The number of unbranched alkanes of at least 4 members (excludes halogenated alkanes) is 2. The third-order valence-corrected chi connectivity index (χ3v) is 5.47. The molecule has 35 heavy (non-hydrogen) atoms. The minimum Gasteiger partial charge on any atom is -0.494 e. The van der Waals surface area contributed by atoms with Gasteiger partial charge in [0.1, 0.15) is 5.75 Å². The fourth-order valence-electron chi connectivity index (χ4n) is 3.52. The lowest BCUT2D eigenvalue weighted by molar-refractivity contribution is -0.121. The number of rotatable bonds is 11. The summed E-state index contributed by atoms with van der Waals surface area (Å²) >= 11 is 0. The fraction of sp³-hybridized carbons (Fsp3) is 0.346. The number of hydrogen-bond donors (Lipinski definition) is 2. The van der Waals surface area contributed by atoms with Crippen molar-refractivity contribution in [3.8, 4) is 5.75 Å². The summed E-state index contributed by atoms with van der Waals surface area (Å²) in [4.78, 5) is 49.7. The first-order valence-electron chi connectivity index (χ1n) is 11.8. The number of amides is 2. The molecule has 0 aliphatic rings. The molecule has 0 spiro atoms. The Labute approximate surface area is 203 Å². The van der Waals surface area contributed by atoms with Gasteiger partial charge in [-0.15, -0.1) is 0 Å². The van der Waals surface area contributed by atoms with Crippen molar-refractivity contribution < 1.29 is 19.1 Å². The zero-order chi connectivity index (χ0) is 25.2. The number of Topliss-reactive ketones (excluding diaryl/α,β-unsaturated/α-hetero) is 1. The predicted octanol–water partition coefficient (Wildman–Crippen LogP) is 3.41. The van der Waals surface area contributed by atoms with Gasteiger partial charge in [0.15, 0.2) is 11.5 Å². The van der Waals surface area contributed by atoms with Crippen molar-refractivity contribution in [2.75, 3.05) is 6.61 Å². The van der Waals surface area contributed by atoms with Crippen LogP contribution in [0.5, 0.6) is 5.75 Å². The molecule has 3 aromatic rings. The Morgan fingerprint density at radius 1 is 0.914 bits per heavy atom. The molecule has 0 aliphatic carbocycles. The van der Waals surface area contributed by atoms with Crippen molar-refractivity contribution in [2.24, 2.45) is 0 Å². The third-order valence-electron chi connectivity index (χ3n) is 5.47. The zero-order valence-electron chi connectivity index (χ0n) is 20.0. The topological polar surface area (TPSA) is 119 Å². The molecule has 1 aromatic heterocycles. The lowest BCUT2D eigenvalue weighted by Crippen LogP contribution is -2.42. The van der Waals surface area contributed by atoms with Crippen molar-refractivity contribution in [3.05, 3.63) is 70.1 Å². The summed E-state index contributed by atoms with van der Waals surface area (Å²) in [5, 5.41) is 4.88. The zero-order valence-corrected chi connectivity index (χ0v) is 20.0. The summed E-state index contributed by atoms with van der Waals surface area (Å²) in [6, 6.07) is 13.5. The van der Waals surface area contributed by atoms with Crippen LogP contribution in [0.3, 0.4) is 0 Å². The lowest BCUT2D eigenvalue weighted by atomic mass is 10.1. The van der Waals surface area contributed by atoms with E-state index in [2.05, 4.69) is 22.9 Å². The molecule has 9 nitrogen and oxygen atoms in total. The van der Waals surface area contributed by atoms with Crippen LogP contribution in [0.1, 0.15) is 66.8 Å². The van der Waals surface area contributed by atoms with Crippen molar-refractivity contribution in [3.63, 3.8) is 0 Å². The Balaban J connectivity index is 1.52. The van der Waals surface area contributed by atoms with E-state index < -0.39 is 11.8 Å². The van der Waals surface area contributed by atoms with Gasteiger partial charge in [0.05, 0.1) is 12.0 Å². The Morgan fingerprint density at radius 3 is 2.31 bits per heavy atom. The first kappa shape index (κ1) is 25.6. The van der Waals surface area contributed by atoms with Crippen LogP contribution in [-0.4, -0.2) is 34.0 Å². The van der Waals surface area contributed by atoms with E-state index in [0.29, 0.717) is 35.2 Å². The van der Waals surface area contributed by atoms with E-state index in [4.69, 9.17) is 4.74 Å². The summed E-state index contributed by atoms with van der Waals surface area (Å²) < 4.78 is 6.83. The lowest BCUT2D eigenvalue weighted by Gasteiger charge is -2.11. The average molecular weight is 479 g/mol. The van der Waals surface area contributed by atoms with E-state index in [-0.39, 0.29) is 29.9 Å². The van der Waals surface area contributed by atoms with Crippen LogP contribution in [-0.2, 0) is 11.3 Å². The molecular formula is C26H30N4O5. The minimum atomic E-state index is -0.655. The van der Waals surface area contributed by atoms with Crippen LogP contribution in [0, 0.1) is 0 Å². The highest BCUT2D eigenvalue weighted by molar-refractivity contribution is 6.05. The van der Waals surface area contributed by atoms with Crippen molar-refractivity contribution in [1.82, 2.24) is 20.6 Å². The molecule has 9 heteroatoms. The van der Waals surface area contributed by atoms with E-state index in [1.54, 1.807) is 55.5 Å². The Bertz CT molecular complexity index is 1250. The van der Waals surface area contributed by atoms with E-state index in [1.165, 1.54) is 4.68 Å². The van der Waals surface area contributed by atoms with Gasteiger partial charge in [-0.3, -0.25) is 30.0 Å². The molecule has 1 heterocycles. The second-order valence-electron chi connectivity index (χ2n) is 8.02. The molecule has 0 saturated heterocycles. The fourth-order valence-corrected chi connectivity index (χ4v) is 3.52. The van der Waals surface area contributed by atoms with Crippen molar-refractivity contribution in [1.29, 1.82) is 0 Å². The highest BCUT2D eigenvalue weighted by Gasteiger charge is 2.17. The predicted molar refractivity (Wildman–Crippen MR) is 132 cm³/mol. The van der Waals surface area contributed by atoms with Gasteiger partial charge in [-0.05, 0) is 43.7 Å². The van der Waals surface area contributed by atoms with Gasteiger partial charge in [-0.1, -0.05) is 38.0 Å². The van der Waals surface area contributed by atoms with E-state index in [0.717, 1.165) is 19.3 Å². The maximum absolute atomic E-state index is 12.7. The minimum absolute atomic E-state index is 0.0136. The van der Waals surface area contributed by atoms with Gasteiger partial charge >= 0.3 is 0 Å². The van der Waals surface area contributed by atoms with E-state index in [1.807, 2.05) is 0 Å². The molecule has 3 rings (SSSR count). The molecule has 0 radical (unpaired) electrons. The number of hydrogen-bond acceptors (Lipinski definition) is 6. The number of hydrazine groups is 1. The van der Waals surface area contributed by atoms with Gasteiger partial charge in [0.25, 0.3) is 11.5 Å². The SMILES string of the molecule is CCCCCOc1ccc(C(=O)CCC(=O)NNC(=O)c2nn(CC)c(=O)c3ccccc23)cc1. The monoisotopic (exact) mass is 478 g/mol. The molecule has 0 aliphatic heterocycles. The standard InChI is InChI=1S/C26H30N4O5/c1-3-5-8-17-35-19-13-11-18(12-14-19)22(31)15-16-23(32)27-28-25(33)24-20-9-6-7-10-21(20)26(34)30(4-2)29-24/h6-7,9-14H,3-5,8,15-17H2,1-2H3,(H,27,32)(H,28,33). The summed E-state index contributed by atoms with van der Waals surface area (Å²) in [5.41, 5.74) is 4.84. The molecule has 184 valence electrons. The molecule has 0 bridgehead atoms. The van der Waals surface area contributed by atoms with Gasteiger partial charge in [-0.2, -0.15) is 5.10 Å². The van der Waals surface area contributed by atoms with Gasteiger partial charge in [0, 0.05) is 30.3 Å². The quantitative estimate of drug-likeness (QED) is 0.248. The maximum atomic E-state index is 12.7. The molecule has 0 atom stereocenters. The number of ether oxygens (including phenoxy) is 1. The number of aryl methyl sites for hydroxylation is 1. The van der Waals surface area contributed by atoms with Crippen LogP contribution in [0.25, 0.3) is 10.8 Å². The second kappa shape index (κ2) is 12.5. The number of benzene rings is 2. The third kappa shape index (κ3) is 6.75. The Hall–Kier alpha value is -4.01. The van der Waals surface area contributed by atoms with Crippen LogP contribution in [0.4, 0.5) is 0 Å². The molecule has 0 saturated carbocycles. The van der Waals surface area contributed by atoms with Gasteiger partial charge in [-0.25, -0.2) is 4.68 Å². The second-order valence-corrected chi connectivity index (χ2v) is 8.02. The number of ketones is 1. The average Bonchev–Trinajstić information content (AvgIpc) is 2.89. The van der Waals surface area contributed by atoms with E-state index >= 15 is 0 Å². The van der Waals surface area contributed by atoms with Crippen molar-refractivity contribution >= 4 is 28.4 Å². The molecule has 2 N–H and O–H groups in total. The highest BCUT2D eigenvalue weighted by atomic mass is 16.5. The summed E-state index contributed by atoms with van der Waals surface area (Å²) in [5.74, 6) is -0.659. The van der Waals surface area contributed by atoms with E-state index in [9.17, 15) is 19.2 Å². The number of nitrogens with one attached hydrogen (secondary N) is 2. The molecule has 2 aromatic carbocycles. The molecule has 0 fully saturated rings. The maximum Gasteiger partial charge on any atom is 0.290 e. The Kier molecular flexibility index (Phi) is 9.11. The van der Waals surface area contributed by atoms with Gasteiger partial charge < -0.3 is 4.74 Å². The normalized spacial score (nSPS) is 10.7. The number of carbonyl (C=O) groups excluding carboxylic acids is 3. The van der Waals surface area contributed by atoms with Crippen LogP contribution in [0.2, 0.25) is 0 Å². The summed E-state index contributed by atoms with van der Waals surface area (Å²) in [6.07, 6.45) is 3.10. The first-order chi connectivity index (χ1) is 16.9. The number of aromatic nitrogens is 2. The summed E-state index contributed by atoms with van der Waals surface area (Å²) in [6.45, 7) is 4.81. The van der Waals surface area contributed by atoms with Crippen molar-refractivity contribution in [2.45, 2.75) is 52.5 Å². The van der Waals surface area contributed by atoms with Crippen LogP contribution in [0.15, 0.2) is 53.3 Å². The Morgan fingerprint density at radius 2 is 1.63 bits per heavy atom. The highest BCUT2D eigenvalue weighted by Crippen LogP contribution is 2.15. The van der Waals surface area contributed by atoms with Crippen LogP contribution < -0.4 is 21.1 Å². The first-order valence-corrected chi connectivity index (χ1v) is 11.8. The van der Waals surface area contributed by atoms with Gasteiger partial charge in [0.2, 0.25) is 5.91 Å². The molecule has 0 unspecified atom stereocenters. The molecular weight excluding hydrogens is 448 g/mol.